The summed E-state index contributed by atoms with van der Waals surface area (Å²) in [6.45, 7) is 18.7. The first kappa shape index (κ1) is 31.9. The van der Waals surface area contributed by atoms with Crippen LogP contribution in [0.4, 0.5) is 11.4 Å². The molecule has 0 atom stereocenters. The Bertz CT molecular complexity index is 2930. The molecule has 7 aromatic carbocycles. The normalized spacial score (nSPS) is 15.1. The lowest BCUT2D eigenvalue weighted by molar-refractivity contribution is 0.590. The second-order valence-electron chi connectivity index (χ2n) is 18.6. The third-order valence-electron chi connectivity index (χ3n) is 13.1. The Hall–Kier alpha value is -5.54. The number of hydrogen-bond donors (Lipinski definition) is 0. The summed E-state index contributed by atoms with van der Waals surface area (Å²) in [7, 11) is 0. The lowest BCUT2D eigenvalue weighted by atomic mass is 9.43. The topological polar surface area (TPSA) is 8.17 Å². The number of anilines is 2. The molecule has 0 N–H and O–H groups in total. The molecule has 0 amide bonds. The van der Waals surface area contributed by atoms with E-state index in [-0.39, 0.29) is 23.1 Å². The molecule has 0 saturated carbocycles. The van der Waals surface area contributed by atoms with Crippen LogP contribution in [0.25, 0.3) is 60.5 Å². The van der Waals surface area contributed by atoms with E-state index in [1.165, 1.54) is 105 Å². The van der Waals surface area contributed by atoms with Crippen molar-refractivity contribution in [2.24, 2.45) is 0 Å². The van der Waals surface area contributed by atoms with Gasteiger partial charge in [-0.1, -0.05) is 152 Å². The molecule has 0 fully saturated rings. The van der Waals surface area contributed by atoms with Crippen LogP contribution in [0, 0.1) is 0 Å². The molecule has 3 heterocycles. The van der Waals surface area contributed by atoms with E-state index in [2.05, 4.69) is 192 Å². The minimum atomic E-state index is -0.0706. The molecule has 0 radical (unpaired) electrons. The van der Waals surface area contributed by atoms with E-state index in [0.717, 1.165) is 0 Å². The van der Waals surface area contributed by atoms with E-state index in [0.29, 0.717) is 0 Å². The monoisotopic (exact) mass is 696 g/mol. The molecule has 2 aliphatic heterocycles. The Morgan fingerprint density at radius 3 is 2.04 bits per heavy atom. The molecule has 11 rings (SSSR count). The van der Waals surface area contributed by atoms with E-state index in [4.69, 9.17) is 0 Å². The summed E-state index contributed by atoms with van der Waals surface area (Å²) in [5, 5.41) is 5.29. The number of nitrogens with zero attached hydrogens (tertiary/aromatic N) is 2. The molecule has 0 bridgehead atoms. The van der Waals surface area contributed by atoms with Gasteiger partial charge in [-0.2, -0.15) is 0 Å². The fraction of sp³-hybridized carbons (Fsp3) is 0.216. The van der Waals surface area contributed by atoms with E-state index < -0.39 is 0 Å². The molecule has 0 saturated heterocycles. The zero-order chi connectivity index (χ0) is 37.1. The predicted molar refractivity (Wildman–Crippen MR) is 232 cm³/mol. The fourth-order valence-corrected chi connectivity index (χ4v) is 10.3. The summed E-state index contributed by atoms with van der Waals surface area (Å²) in [6, 6.07) is 49.3. The summed E-state index contributed by atoms with van der Waals surface area (Å²) in [5.74, 6) is 0. The average molecular weight is 697 g/mol. The van der Waals surface area contributed by atoms with Crippen molar-refractivity contribution in [1.29, 1.82) is 0 Å². The van der Waals surface area contributed by atoms with E-state index >= 15 is 0 Å². The van der Waals surface area contributed by atoms with Gasteiger partial charge in [0, 0.05) is 38.8 Å². The molecular weight excluding hydrogens is 651 g/mol. The van der Waals surface area contributed by atoms with Crippen LogP contribution < -0.4 is 15.7 Å². The molecule has 262 valence electrons. The van der Waals surface area contributed by atoms with Crippen molar-refractivity contribution in [3.8, 4) is 27.9 Å². The van der Waals surface area contributed by atoms with Gasteiger partial charge in [-0.25, -0.2) is 0 Å². The Balaban J connectivity index is 1.33. The first-order chi connectivity index (χ1) is 25.8. The standard InChI is InChI=1S/C51H45BN2/c1-49(2,3)31-18-21-33(22-19-31)54-43-26-17-30-13-9-10-14-34(30)44(43)36-23-24-37-46-42(28-25-39-45(46)35-15-11-12-16-38(35)51(39,7)8)53-41-27-20-32(50(4,5)6)29-40(41)52(54)47(36)48(37)53/h9-29H,1-8H3. The van der Waals surface area contributed by atoms with Gasteiger partial charge in [0.05, 0.1) is 11.0 Å². The lowest BCUT2D eigenvalue weighted by Gasteiger charge is -2.42. The minimum Gasteiger partial charge on any atom is -0.376 e. The van der Waals surface area contributed by atoms with E-state index in [1.54, 1.807) is 0 Å². The van der Waals surface area contributed by atoms with Crippen molar-refractivity contribution >= 4 is 61.7 Å². The second kappa shape index (κ2) is 10.4. The highest BCUT2D eigenvalue weighted by Gasteiger charge is 2.46. The highest BCUT2D eigenvalue weighted by atomic mass is 15.1. The van der Waals surface area contributed by atoms with E-state index in [1.807, 2.05) is 0 Å². The van der Waals surface area contributed by atoms with Crippen LogP contribution >= 0.6 is 0 Å². The molecule has 0 unspecified atom stereocenters. The highest BCUT2D eigenvalue weighted by molar-refractivity contribution is 6.93. The molecular formula is C51H45BN2. The van der Waals surface area contributed by atoms with Gasteiger partial charge in [0.25, 0.3) is 0 Å². The molecule has 3 heteroatoms. The Kier molecular flexibility index (Phi) is 6.13. The van der Waals surface area contributed by atoms with Gasteiger partial charge in [0.15, 0.2) is 0 Å². The van der Waals surface area contributed by atoms with Crippen LogP contribution in [-0.2, 0) is 16.2 Å². The quantitative estimate of drug-likeness (QED) is 0.155. The van der Waals surface area contributed by atoms with Crippen LogP contribution in [-0.4, -0.2) is 11.4 Å². The first-order valence-corrected chi connectivity index (χ1v) is 19.6. The predicted octanol–water partition coefficient (Wildman–Crippen LogP) is 12.1. The van der Waals surface area contributed by atoms with Gasteiger partial charge in [-0.3, -0.25) is 0 Å². The lowest BCUT2D eigenvalue weighted by Crippen LogP contribution is -2.60. The van der Waals surface area contributed by atoms with Crippen molar-refractivity contribution in [3.63, 3.8) is 0 Å². The number of benzene rings is 7. The molecule has 1 aliphatic carbocycles. The van der Waals surface area contributed by atoms with Gasteiger partial charge < -0.3 is 9.38 Å². The molecule has 2 nitrogen and oxygen atoms in total. The van der Waals surface area contributed by atoms with Crippen molar-refractivity contribution in [2.75, 3.05) is 4.81 Å². The number of aromatic nitrogens is 1. The number of fused-ring (bicyclic) bond motifs is 14. The number of rotatable bonds is 1. The SMILES string of the molecule is CC(C)(C)c1ccc(N2B3c4cc(C(C)(C)C)ccc4-n4c5ccc6c(c5c5ccc(c3c54)-c3c2ccc2ccccc32)-c2ccccc2C6(C)C)cc1. The van der Waals surface area contributed by atoms with Crippen molar-refractivity contribution in [1.82, 2.24) is 4.57 Å². The summed E-state index contributed by atoms with van der Waals surface area (Å²) in [6.07, 6.45) is 0. The average Bonchev–Trinajstić information content (AvgIpc) is 3.62. The Labute approximate surface area is 319 Å². The van der Waals surface area contributed by atoms with Gasteiger partial charge in [0.2, 0.25) is 0 Å². The third kappa shape index (κ3) is 4.03. The van der Waals surface area contributed by atoms with Crippen LogP contribution in [0.2, 0.25) is 0 Å². The van der Waals surface area contributed by atoms with Crippen molar-refractivity contribution < 1.29 is 0 Å². The summed E-state index contributed by atoms with van der Waals surface area (Å²) >= 11 is 0. The van der Waals surface area contributed by atoms with Crippen molar-refractivity contribution in [2.45, 2.75) is 71.6 Å². The van der Waals surface area contributed by atoms with Crippen molar-refractivity contribution in [3.05, 3.63) is 150 Å². The van der Waals surface area contributed by atoms with Gasteiger partial charge in [0.1, 0.15) is 0 Å². The van der Waals surface area contributed by atoms with Gasteiger partial charge in [-0.15, -0.1) is 0 Å². The zero-order valence-corrected chi connectivity index (χ0v) is 32.6. The molecule has 8 aromatic rings. The van der Waals surface area contributed by atoms with Gasteiger partial charge >= 0.3 is 6.85 Å². The zero-order valence-electron chi connectivity index (χ0n) is 32.6. The minimum absolute atomic E-state index is 0.000973. The maximum absolute atomic E-state index is 2.67. The second-order valence-corrected chi connectivity index (χ2v) is 18.6. The summed E-state index contributed by atoms with van der Waals surface area (Å²) in [5.41, 5.74) is 20.2. The van der Waals surface area contributed by atoms with Crippen LogP contribution in [0.5, 0.6) is 0 Å². The Morgan fingerprint density at radius 1 is 0.556 bits per heavy atom. The van der Waals surface area contributed by atoms with E-state index in [9.17, 15) is 0 Å². The smallest absolute Gasteiger partial charge is 0.333 e. The fourth-order valence-electron chi connectivity index (χ4n) is 10.3. The Morgan fingerprint density at radius 2 is 1.26 bits per heavy atom. The molecule has 1 aromatic heterocycles. The molecule has 0 spiro atoms. The highest BCUT2D eigenvalue weighted by Crippen LogP contribution is 2.54. The largest absolute Gasteiger partial charge is 0.376 e. The van der Waals surface area contributed by atoms with Crippen LogP contribution in [0.3, 0.4) is 0 Å². The summed E-state index contributed by atoms with van der Waals surface area (Å²) < 4.78 is 2.63. The number of hydrogen-bond acceptors (Lipinski definition) is 1. The summed E-state index contributed by atoms with van der Waals surface area (Å²) in [4.78, 5) is 2.67. The van der Waals surface area contributed by atoms with Crippen LogP contribution in [0.1, 0.15) is 77.6 Å². The van der Waals surface area contributed by atoms with Gasteiger partial charge in [-0.05, 0) is 102 Å². The molecule has 54 heavy (non-hydrogen) atoms. The molecule has 3 aliphatic rings. The first-order valence-electron chi connectivity index (χ1n) is 19.6. The maximum atomic E-state index is 2.67. The third-order valence-corrected chi connectivity index (χ3v) is 13.1. The maximum Gasteiger partial charge on any atom is 0.333 e. The van der Waals surface area contributed by atoms with Crippen LogP contribution in [0.15, 0.2) is 127 Å².